The number of ether oxygens (including phenoxy) is 1. The summed E-state index contributed by atoms with van der Waals surface area (Å²) in [5, 5.41) is 0.576. The zero-order valence-corrected chi connectivity index (χ0v) is 12.4. The molecule has 114 valence electrons. The van der Waals surface area contributed by atoms with Crippen LogP contribution in [0.15, 0.2) is 35.9 Å². The molecule has 0 amide bonds. The second-order valence-electron chi connectivity index (χ2n) is 3.85. The summed E-state index contributed by atoms with van der Waals surface area (Å²) < 4.78 is 42.9. The van der Waals surface area contributed by atoms with Crippen LogP contribution in [0.1, 0.15) is 12.5 Å². The molecule has 7 heteroatoms. The predicted octanol–water partition coefficient (Wildman–Crippen LogP) is 5.06. The Labute approximate surface area is 129 Å². The number of esters is 1. The number of halogens is 5. The Hall–Kier alpha value is -1.46. The highest BCUT2D eigenvalue weighted by Crippen LogP contribution is 2.28. The Morgan fingerprint density at radius 2 is 2.00 bits per heavy atom. The topological polar surface area (TPSA) is 26.3 Å². The van der Waals surface area contributed by atoms with E-state index in [-0.39, 0.29) is 11.6 Å². The number of benzene rings is 1. The van der Waals surface area contributed by atoms with Crippen LogP contribution in [0.2, 0.25) is 10.0 Å². The highest BCUT2D eigenvalue weighted by Gasteiger charge is 2.32. The minimum Gasteiger partial charge on any atom is -0.463 e. The Morgan fingerprint density at radius 3 is 2.52 bits per heavy atom. The molecule has 0 aliphatic rings. The molecule has 1 aromatic carbocycles. The van der Waals surface area contributed by atoms with Crippen LogP contribution in [0, 0.1) is 0 Å². The lowest BCUT2D eigenvalue weighted by molar-refractivity contribution is -0.138. The first-order chi connectivity index (χ1) is 9.74. The van der Waals surface area contributed by atoms with E-state index in [1.165, 1.54) is 25.1 Å². The van der Waals surface area contributed by atoms with Crippen molar-refractivity contribution in [2.24, 2.45) is 0 Å². The number of hydrogen-bond donors (Lipinski definition) is 0. The third-order valence-electron chi connectivity index (χ3n) is 2.29. The van der Waals surface area contributed by atoms with Crippen LogP contribution >= 0.6 is 23.2 Å². The smallest absolute Gasteiger partial charge is 0.416 e. The summed E-state index contributed by atoms with van der Waals surface area (Å²) in [6.07, 6.45) is -2.38. The average molecular weight is 339 g/mol. The number of hydrogen-bond acceptors (Lipinski definition) is 2. The molecule has 0 N–H and O–H groups in total. The molecule has 21 heavy (non-hydrogen) atoms. The summed E-state index contributed by atoms with van der Waals surface area (Å²) in [6, 6.07) is 4.38. The molecule has 0 bridgehead atoms. The van der Waals surface area contributed by atoms with Gasteiger partial charge in [0.2, 0.25) is 0 Å². The summed E-state index contributed by atoms with van der Waals surface area (Å²) in [6.45, 7) is 1.50. The molecule has 1 rings (SSSR count). The fourth-order valence-electron chi connectivity index (χ4n) is 1.35. The number of carbonyl (C=O) groups excluding carboxylic acids is 1. The van der Waals surface area contributed by atoms with Gasteiger partial charge >= 0.3 is 12.1 Å². The molecule has 0 heterocycles. The van der Waals surface area contributed by atoms with Crippen molar-refractivity contribution in [3.8, 4) is 0 Å². The van der Waals surface area contributed by atoms with Crippen molar-refractivity contribution in [1.82, 2.24) is 0 Å². The minimum atomic E-state index is -4.68. The van der Waals surface area contributed by atoms with E-state index in [9.17, 15) is 18.0 Å². The molecule has 1 aromatic rings. The molecule has 0 radical (unpaired) electrons. The monoisotopic (exact) mass is 338 g/mol. The molecule has 0 aromatic heterocycles. The van der Waals surface area contributed by atoms with Gasteiger partial charge in [0.05, 0.1) is 12.2 Å². The summed E-state index contributed by atoms with van der Waals surface area (Å²) in [4.78, 5) is 11.1. The van der Waals surface area contributed by atoms with Crippen LogP contribution in [-0.4, -0.2) is 18.8 Å². The van der Waals surface area contributed by atoms with E-state index >= 15 is 0 Å². The van der Waals surface area contributed by atoms with E-state index in [2.05, 4.69) is 4.74 Å². The SMILES string of the molecule is CCOC(=O)/C=C(\C=C\c1ccc(Cl)cc1Cl)C(F)(F)F. The van der Waals surface area contributed by atoms with Gasteiger partial charge in [-0.15, -0.1) is 0 Å². The lowest BCUT2D eigenvalue weighted by Crippen LogP contribution is -2.13. The molecule has 0 fully saturated rings. The normalized spacial score (nSPS) is 12.8. The molecule has 0 saturated carbocycles. The number of allylic oxidation sites excluding steroid dienone is 2. The maximum Gasteiger partial charge on any atom is 0.416 e. The summed E-state index contributed by atoms with van der Waals surface area (Å²) in [7, 11) is 0. The molecule has 0 unspecified atom stereocenters. The minimum absolute atomic E-state index is 0.00675. The molecule has 0 saturated heterocycles. The summed E-state index contributed by atoms with van der Waals surface area (Å²) in [5.74, 6) is -1.06. The molecule has 2 nitrogen and oxygen atoms in total. The van der Waals surface area contributed by atoms with E-state index in [0.717, 1.165) is 12.2 Å². The Bertz CT molecular complexity index is 578. The molecular weight excluding hydrogens is 328 g/mol. The summed E-state index contributed by atoms with van der Waals surface area (Å²) in [5.41, 5.74) is -0.785. The maximum absolute atomic E-state index is 12.8. The fourth-order valence-corrected chi connectivity index (χ4v) is 1.82. The number of carbonyl (C=O) groups is 1. The maximum atomic E-state index is 12.8. The van der Waals surface area contributed by atoms with Crippen LogP contribution in [-0.2, 0) is 9.53 Å². The van der Waals surface area contributed by atoms with Crippen LogP contribution < -0.4 is 0 Å². The largest absolute Gasteiger partial charge is 0.463 e. The molecule has 0 aliphatic heterocycles. The van der Waals surface area contributed by atoms with E-state index in [1.54, 1.807) is 0 Å². The Kier molecular flexibility index (Phi) is 6.30. The van der Waals surface area contributed by atoms with Gasteiger partial charge in [-0.3, -0.25) is 0 Å². The lowest BCUT2D eigenvalue weighted by atomic mass is 10.1. The third-order valence-corrected chi connectivity index (χ3v) is 2.85. The predicted molar refractivity (Wildman–Crippen MR) is 76.3 cm³/mol. The molecule has 0 aliphatic carbocycles. The van der Waals surface area contributed by atoms with Crippen LogP contribution in [0.4, 0.5) is 13.2 Å². The van der Waals surface area contributed by atoms with Crippen molar-refractivity contribution < 1.29 is 22.7 Å². The average Bonchev–Trinajstić information content (AvgIpc) is 2.35. The number of rotatable bonds is 4. The van der Waals surface area contributed by atoms with E-state index in [4.69, 9.17) is 23.2 Å². The van der Waals surface area contributed by atoms with Crippen molar-refractivity contribution in [2.45, 2.75) is 13.1 Å². The van der Waals surface area contributed by atoms with Crippen LogP contribution in [0.5, 0.6) is 0 Å². The second kappa shape index (κ2) is 7.52. The first-order valence-electron chi connectivity index (χ1n) is 5.83. The highest BCUT2D eigenvalue weighted by molar-refractivity contribution is 6.35. The third kappa shape index (κ3) is 5.81. The van der Waals surface area contributed by atoms with Gasteiger partial charge in [0.1, 0.15) is 0 Å². The van der Waals surface area contributed by atoms with Gasteiger partial charge in [-0.1, -0.05) is 35.3 Å². The van der Waals surface area contributed by atoms with E-state index < -0.39 is 17.7 Å². The molecular formula is C14H11Cl2F3O2. The van der Waals surface area contributed by atoms with Gasteiger partial charge in [0, 0.05) is 16.1 Å². The van der Waals surface area contributed by atoms with Gasteiger partial charge in [0.25, 0.3) is 0 Å². The van der Waals surface area contributed by atoms with Crippen molar-refractivity contribution in [2.75, 3.05) is 6.61 Å². The van der Waals surface area contributed by atoms with Crippen molar-refractivity contribution in [3.63, 3.8) is 0 Å². The van der Waals surface area contributed by atoms with Gasteiger partial charge in [0.15, 0.2) is 0 Å². The molecule has 0 spiro atoms. The lowest BCUT2D eigenvalue weighted by Gasteiger charge is -2.07. The van der Waals surface area contributed by atoms with Crippen LogP contribution in [0.3, 0.4) is 0 Å². The van der Waals surface area contributed by atoms with E-state index in [0.29, 0.717) is 16.7 Å². The quantitative estimate of drug-likeness (QED) is 0.435. The Morgan fingerprint density at radius 1 is 1.33 bits per heavy atom. The van der Waals surface area contributed by atoms with Crippen molar-refractivity contribution in [1.29, 1.82) is 0 Å². The first-order valence-corrected chi connectivity index (χ1v) is 6.58. The highest BCUT2D eigenvalue weighted by atomic mass is 35.5. The van der Waals surface area contributed by atoms with E-state index in [1.807, 2.05) is 0 Å². The van der Waals surface area contributed by atoms with Crippen LogP contribution in [0.25, 0.3) is 6.08 Å². The standard InChI is InChI=1S/C14H11Cl2F3O2/c1-2-21-13(20)7-10(14(17,18)19)5-3-9-4-6-11(15)8-12(9)16/h3-8H,2H2,1H3/b5-3+,10-7+. The van der Waals surface area contributed by atoms with Gasteiger partial charge in [-0.2, -0.15) is 13.2 Å². The first kappa shape index (κ1) is 17.6. The Balaban J connectivity index is 3.06. The zero-order chi connectivity index (χ0) is 16.0. The number of alkyl halides is 3. The fraction of sp³-hybridized carbons (Fsp3) is 0.214. The second-order valence-corrected chi connectivity index (χ2v) is 4.69. The van der Waals surface area contributed by atoms with Gasteiger partial charge in [-0.05, 0) is 30.7 Å². The molecule has 0 atom stereocenters. The van der Waals surface area contributed by atoms with Gasteiger partial charge in [-0.25, -0.2) is 4.79 Å². The zero-order valence-electron chi connectivity index (χ0n) is 10.9. The summed E-state index contributed by atoms with van der Waals surface area (Å²) >= 11 is 11.5. The van der Waals surface area contributed by atoms with Gasteiger partial charge < -0.3 is 4.74 Å². The van der Waals surface area contributed by atoms with Crippen molar-refractivity contribution >= 4 is 35.2 Å². The van der Waals surface area contributed by atoms with Crippen molar-refractivity contribution in [3.05, 3.63) is 51.5 Å².